The van der Waals surface area contributed by atoms with Gasteiger partial charge >= 0.3 is 0 Å². The van der Waals surface area contributed by atoms with Gasteiger partial charge in [0, 0.05) is 17.2 Å². The van der Waals surface area contributed by atoms with E-state index in [1.807, 2.05) is 12.1 Å². The van der Waals surface area contributed by atoms with Gasteiger partial charge < -0.3 is 5.32 Å². The van der Waals surface area contributed by atoms with Crippen molar-refractivity contribution in [2.75, 3.05) is 0 Å². The van der Waals surface area contributed by atoms with E-state index in [-0.39, 0.29) is 23.6 Å². The Balaban J connectivity index is 1.32. The lowest BCUT2D eigenvalue weighted by atomic mass is 9.53. The van der Waals surface area contributed by atoms with Gasteiger partial charge in [0.15, 0.2) is 0 Å². The van der Waals surface area contributed by atoms with Crippen molar-refractivity contribution in [1.29, 1.82) is 0 Å². The van der Waals surface area contributed by atoms with E-state index in [1.54, 1.807) is 6.07 Å². The quantitative estimate of drug-likeness (QED) is 0.848. The molecule has 4 saturated carbocycles. The van der Waals surface area contributed by atoms with Gasteiger partial charge in [0.1, 0.15) is 6.54 Å². The van der Waals surface area contributed by atoms with Gasteiger partial charge in [-0.25, -0.2) is 4.68 Å². The molecule has 1 amide bonds. The van der Waals surface area contributed by atoms with Gasteiger partial charge in [0.2, 0.25) is 5.91 Å². The summed E-state index contributed by atoms with van der Waals surface area (Å²) < 4.78 is 1.30. The third-order valence-corrected chi connectivity index (χ3v) is 7.26. The molecule has 4 fully saturated rings. The number of benzene rings is 1. The van der Waals surface area contributed by atoms with E-state index in [2.05, 4.69) is 29.5 Å². The highest BCUT2D eigenvalue weighted by molar-refractivity contribution is 5.76. The largest absolute Gasteiger partial charge is 0.349 e. The molecular formula is C24H29N3O2. The average molecular weight is 392 g/mol. The lowest BCUT2D eigenvalue weighted by molar-refractivity contribution is -0.127. The first-order chi connectivity index (χ1) is 14.0. The normalized spacial score (nSPS) is 29.8. The van der Waals surface area contributed by atoms with E-state index in [9.17, 15) is 9.59 Å². The Hall–Kier alpha value is -2.43. The smallest absolute Gasteiger partial charge is 0.267 e. The number of carbonyl (C=O) groups excluding carboxylic acids is 1. The Morgan fingerprint density at radius 1 is 1.03 bits per heavy atom. The van der Waals surface area contributed by atoms with Crippen molar-refractivity contribution >= 4 is 5.91 Å². The number of amides is 1. The molecule has 1 N–H and O–H groups in total. The fourth-order valence-corrected chi connectivity index (χ4v) is 6.36. The molecule has 0 unspecified atom stereocenters. The Morgan fingerprint density at radius 2 is 1.66 bits per heavy atom. The Bertz CT molecular complexity index is 941. The van der Waals surface area contributed by atoms with Gasteiger partial charge in [-0.15, -0.1) is 0 Å². The van der Waals surface area contributed by atoms with Gasteiger partial charge in [0.25, 0.3) is 5.56 Å². The van der Waals surface area contributed by atoms with Crippen LogP contribution >= 0.6 is 0 Å². The van der Waals surface area contributed by atoms with Crippen LogP contribution in [0.2, 0.25) is 0 Å². The van der Waals surface area contributed by atoms with Gasteiger partial charge in [-0.2, -0.15) is 5.10 Å². The van der Waals surface area contributed by atoms with E-state index in [1.165, 1.54) is 35.6 Å². The highest BCUT2D eigenvalue weighted by Gasteiger charge is 2.51. The number of nitrogens with one attached hydrogen (secondary N) is 1. The second-order valence-corrected chi connectivity index (χ2v) is 9.51. The molecule has 152 valence electrons. The van der Waals surface area contributed by atoms with E-state index in [0.717, 1.165) is 54.7 Å². The summed E-state index contributed by atoms with van der Waals surface area (Å²) in [6.07, 6.45) is 8.33. The number of carbonyl (C=O) groups is 1. The van der Waals surface area contributed by atoms with Gasteiger partial charge in [-0.05, 0) is 74.3 Å². The zero-order chi connectivity index (χ0) is 20.0. The van der Waals surface area contributed by atoms with Crippen molar-refractivity contribution in [3.8, 4) is 11.3 Å². The van der Waals surface area contributed by atoms with Crippen LogP contribution in [-0.2, 0) is 17.8 Å². The molecule has 1 heterocycles. The summed E-state index contributed by atoms with van der Waals surface area (Å²) in [4.78, 5) is 25.2. The topological polar surface area (TPSA) is 64.0 Å². The first-order valence-electron chi connectivity index (χ1n) is 11.0. The number of hydrogen-bond donors (Lipinski definition) is 1. The fourth-order valence-electron chi connectivity index (χ4n) is 6.36. The Morgan fingerprint density at radius 3 is 2.24 bits per heavy atom. The van der Waals surface area contributed by atoms with Crippen molar-refractivity contribution in [3.63, 3.8) is 0 Å². The van der Waals surface area contributed by atoms with E-state index < -0.39 is 0 Å². The number of hydrogen-bond acceptors (Lipinski definition) is 3. The third-order valence-electron chi connectivity index (χ3n) is 7.26. The summed E-state index contributed by atoms with van der Waals surface area (Å²) in [5.41, 5.74) is 2.66. The summed E-state index contributed by atoms with van der Waals surface area (Å²) >= 11 is 0. The average Bonchev–Trinajstić information content (AvgIpc) is 2.68. The van der Waals surface area contributed by atoms with Crippen molar-refractivity contribution in [2.24, 2.45) is 17.8 Å². The Kier molecular flexibility index (Phi) is 4.56. The maximum Gasteiger partial charge on any atom is 0.267 e. The zero-order valence-corrected chi connectivity index (χ0v) is 17.1. The number of aromatic nitrogens is 2. The standard InChI is InChI=1S/C24H29N3O2/c1-2-16-3-5-20(6-4-16)21-7-8-23(29)27(26-21)15-22(28)25-24-12-17-9-18(13-24)11-19(10-17)14-24/h3-8,17-19H,2,9-15H2,1H3,(H,25,28). The van der Waals surface area contributed by atoms with Crippen molar-refractivity contribution in [2.45, 2.75) is 64.0 Å². The van der Waals surface area contributed by atoms with Crippen LogP contribution in [0.15, 0.2) is 41.2 Å². The number of aryl methyl sites for hydroxylation is 1. The third kappa shape index (κ3) is 3.63. The molecule has 1 aromatic heterocycles. The van der Waals surface area contributed by atoms with Crippen LogP contribution in [0.25, 0.3) is 11.3 Å². The van der Waals surface area contributed by atoms with Crippen LogP contribution in [0, 0.1) is 17.8 Å². The summed E-state index contributed by atoms with van der Waals surface area (Å²) in [6, 6.07) is 11.4. The highest BCUT2D eigenvalue weighted by Crippen LogP contribution is 2.55. The second-order valence-electron chi connectivity index (χ2n) is 9.51. The van der Waals surface area contributed by atoms with Crippen molar-refractivity contribution in [1.82, 2.24) is 15.1 Å². The molecule has 0 radical (unpaired) electrons. The molecule has 0 atom stereocenters. The van der Waals surface area contributed by atoms with E-state index >= 15 is 0 Å². The van der Waals surface area contributed by atoms with Crippen LogP contribution in [0.3, 0.4) is 0 Å². The van der Waals surface area contributed by atoms with E-state index in [4.69, 9.17) is 0 Å². The van der Waals surface area contributed by atoms with Crippen LogP contribution < -0.4 is 10.9 Å². The molecule has 5 heteroatoms. The van der Waals surface area contributed by atoms with Crippen LogP contribution in [0.5, 0.6) is 0 Å². The molecule has 0 saturated heterocycles. The molecule has 29 heavy (non-hydrogen) atoms. The minimum absolute atomic E-state index is 0.0124. The Labute approximate surface area is 171 Å². The SMILES string of the molecule is CCc1ccc(-c2ccc(=O)n(CC(=O)NC34CC5CC(CC(C5)C3)C4)n2)cc1. The lowest BCUT2D eigenvalue weighted by Crippen LogP contribution is -2.60. The minimum atomic E-state index is -0.236. The summed E-state index contributed by atoms with van der Waals surface area (Å²) in [5, 5.41) is 7.81. The molecule has 6 rings (SSSR count). The zero-order valence-electron chi connectivity index (χ0n) is 17.1. The first kappa shape index (κ1) is 18.6. The first-order valence-corrected chi connectivity index (χ1v) is 11.0. The summed E-state index contributed by atoms with van der Waals surface area (Å²) in [7, 11) is 0. The maximum atomic E-state index is 12.9. The molecule has 4 bridgehead atoms. The van der Waals surface area contributed by atoms with Crippen molar-refractivity contribution in [3.05, 3.63) is 52.3 Å². The molecule has 0 aliphatic heterocycles. The predicted molar refractivity (Wildman–Crippen MR) is 112 cm³/mol. The monoisotopic (exact) mass is 391 g/mol. The van der Waals surface area contributed by atoms with Crippen LogP contribution in [0.1, 0.15) is 51.0 Å². The molecule has 4 aliphatic carbocycles. The minimum Gasteiger partial charge on any atom is -0.349 e. The molecule has 0 spiro atoms. The molecule has 5 nitrogen and oxygen atoms in total. The fraction of sp³-hybridized carbons (Fsp3) is 0.542. The van der Waals surface area contributed by atoms with Gasteiger partial charge in [-0.3, -0.25) is 9.59 Å². The summed E-state index contributed by atoms with van der Waals surface area (Å²) in [6.45, 7) is 2.11. The predicted octanol–water partition coefficient (Wildman–Crippen LogP) is 3.56. The maximum absolute atomic E-state index is 12.9. The highest BCUT2D eigenvalue weighted by atomic mass is 16.2. The van der Waals surface area contributed by atoms with Crippen LogP contribution in [-0.4, -0.2) is 21.2 Å². The van der Waals surface area contributed by atoms with Crippen LogP contribution in [0.4, 0.5) is 0 Å². The molecule has 2 aromatic rings. The second kappa shape index (κ2) is 7.12. The van der Waals surface area contributed by atoms with Gasteiger partial charge in [-0.1, -0.05) is 31.2 Å². The van der Waals surface area contributed by atoms with Crippen molar-refractivity contribution < 1.29 is 4.79 Å². The van der Waals surface area contributed by atoms with Gasteiger partial charge in [0.05, 0.1) is 5.69 Å². The molecule has 4 aliphatic rings. The van der Waals surface area contributed by atoms with E-state index in [0.29, 0.717) is 0 Å². The summed E-state index contributed by atoms with van der Waals surface area (Å²) in [5.74, 6) is 2.24. The number of rotatable bonds is 5. The number of nitrogens with zero attached hydrogens (tertiary/aromatic N) is 2. The molecule has 1 aromatic carbocycles. The molecular weight excluding hydrogens is 362 g/mol. The lowest BCUT2D eigenvalue weighted by Gasteiger charge is -2.56.